The molecule has 0 aliphatic heterocycles. The van der Waals surface area contributed by atoms with E-state index in [9.17, 15) is 9.59 Å². The van der Waals surface area contributed by atoms with Gasteiger partial charge in [0.05, 0.1) is 18.0 Å². The Labute approximate surface area is 198 Å². The van der Waals surface area contributed by atoms with Crippen LogP contribution in [-0.2, 0) is 4.74 Å². The molecule has 0 saturated heterocycles. The zero-order chi connectivity index (χ0) is 23.8. The second kappa shape index (κ2) is 11.1. The van der Waals surface area contributed by atoms with Crippen LogP contribution in [0.5, 0.6) is 0 Å². The Bertz CT molecular complexity index is 1230. The minimum Gasteiger partial charge on any atom is -0.461 e. The number of para-hydroxylation sites is 1. The fraction of sp³-hybridized carbons (Fsp3) is 0.179. The number of aromatic nitrogens is 2. The van der Waals surface area contributed by atoms with Crippen LogP contribution < -0.4 is 10.9 Å². The molecule has 0 fully saturated rings. The number of hydrogen-bond acceptors (Lipinski definition) is 5. The molecule has 1 N–H and O–H groups in total. The summed E-state index contributed by atoms with van der Waals surface area (Å²) in [5.74, 6) is -0.407. The fourth-order valence-corrected chi connectivity index (χ4v) is 3.94. The summed E-state index contributed by atoms with van der Waals surface area (Å²) in [7, 11) is 0. The number of benzene rings is 3. The Morgan fingerprint density at radius 2 is 1.47 bits per heavy atom. The second-order valence-corrected chi connectivity index (χ2v) is 7.80. The molecule has 3 aromatic carbocycles. The molecule has 0 atom stereocenters. The molecule has 1 heterocycles. The molecule has 0 radical (unpaired) electrons. The Balaban J connectivity index is 1.60. The van der Waals surface area contributed by atoms with Gasteiger partial charge in [-0.1, -0.05) is 78.9 Å². The number of nitrogens with one attached hydrogen (secondary N) is 1. The third kappa shape index (κ3) is 5.41. The zero-order valence-corrected chi connectivity index (χ0v) is 19.1. The van der Waals surface area contributed by atoms with E-state index in [1.165, 1.54) is 21.9 Å². The predicted octanol–water partition coefficient (Wildman–Crippen LogP) is 5.04. The fourth-order valence-electron chi connectivity index (χ4n) is 3.94. The first-order chi connectivity index (χ1) is 16.7. The summed E-state index contributed by atoms with van der Waals surface area (Å²) in [5, 5.41) is 7.61. The van der Waals surface area contributed by atoms with Gasteiger partial charge in [0, 0.05) is 18.5 Å². The highest BCUT2D eigenvalue weighted by Crippen LogP contribution is 2.28. The summed E-state index contributed by atoms with van der Waals surface area (Å²) in [6, 6.07) is 31.0. The number of ether oxygens (including phenoxy) is 1. The summed E-state index contributed by atoms with van der Waals surface area (Å²) in [6.07, 6.45) is 0.762. The van der Waals surface area contributed by atoms with E-state index in [4.69, 9.17) is 4.74 Å². The standard InChI is InChI=1S/C28H27N3O3/c1-2-34-28(33)27-25(20-26(32)31(30-27)23-16-10-5-11-17-23)29-19-18-24(21-12-6-3-7-13-21)22-14-8-4-9-15-22/h3-17,20,24,29H,2,18-19H2,1H3. The summed E-state index contributed by atoms with van der Waals surface area (Å²) < 4.78 is 6.43. The molecule has 34 heavy (non-hydrogen) atoms. The lowest BCUT2D eigenvalue weighted by molar-refractivity contribution is 0.0518. The molecular weight excluding hydrogens is 426 g/mol. The van der Waals surface area contributed by atoms with Crippen LogP contribution in [-0.4, -0.2) is 28.9 Å². The maximum atomic E-state index is 12.8. The van der Waals surface area contributed by atoms with E-state index < -0.39 is 5.97 Å². The van der Waals surface area contributed by atoms with Crippen LogP contribution >= 0.6 is 0 Å². The number of rotatable bonds is 9. The molecule has 0 bridgehead atoms. The van der Waals surface area contributed by atoms with Crippen molar-refractivity contribution >= 4 is 11.7 Å². The molecule has 0 saturated carbocycles. The van der Waals surface area contributed by atoms with Crippen LogP contribution in [0.25, 0.3) is 5.69 Å². The minimum absolute atomic E-state index is 0.0845. The lowest BCUT2D eigenvalue weighted by Crippen LogP contribution is -2.26. The van der Waals surface area contributed by atoms with Gasteiger partial charge in [0.25, 0.3) is 5.56 Å². The molecule has 6 nitrogen and oxygen atoms in total. The third-order valence-electron chi connectivity index (χ3n) is 5.55. The van der Waals surface area contributed by atoms with Crippen molar-refractivity contribution in [3.8, 4) is 5.69 Å². The Morgan fingerprint density at radius 3 is 2.03 bits per heavy atom. The summed E-state index contributed by atoms with van der Waals surface area (Å²) >= 11 is 0. The first-order valence-corrected chi connectivity index (χ1v) is 11.4. The van der Waals surface area contributed by atoms with Crippen LogP contribution in [0.3, 0.4) is 0 Å². The van der Waals surface area contributed by atoms with Crippen molar-refractivity contribution in [2.24, 2.45) is 0 Å². The molecule has 0 aliphatic carbocycles. The van der Waals surface area contributed by atoms with Crippen molar-refractivity contribution in [1.82, 2.24) is 9.78 Å². The summed E-state index contributed by atoms with van der Waals surface area (Å²) in [5.41, 5.74) is 3.12. The van der Waals surface area contributed by atoms with Crippen molar-refractivity contribution in [3.63, 3.8) is 0 Å². The van der Waals surface area contributed by atoms with Crippen LogP contribution in [0.1, 0.15) is 40.9 Å². The van der Waals surface area contributed by atoms with Crippen LogP contribution in [0.15, 0.2) is 102 Å². The quantitative estimate of drug-likeness (QED) is 0.359. The number of anilines is 1. The Morgan fingerprint density at radius 1 is 0.912 bits per heavy atom. The maximum absolute atomic E-state index is 12.8. The molecule has 4 rings (SSSR count). The van der Waals surface area contributed by atoms with Crippen LogP contribution in [0.2, 0.25) is 0 Å². The highest BCUT2D eigenvalue weighted by atomic mass is 16.5. The third-order valence-corrected chi connectivity index (χ3v) is 5.55. The lowest BCUT2D eigenvalue weighted by atomic mass is 9.88. The smallest absolute Gasteiger partial charge is 0.360 e. The van der Waals surface area contributed by atoms with Gasteiger partial charge in [-0.3, -0.25) is 4.79 Å². The molecule has 0 spiro atoms. The average Bonchev–Trinajstić information content (AvgIpc) is 2.88. The summed E-state index contributed by atoms with van der Waals surface area (Å²) in [4.78, 5) is 25.5. The van der Waals surface area contributed by atoms with Crippen molar-refractivity contribution in [3.05, 3.63) is 124 Å². The number of carbonyl (C=O) groups is 1. The SMILES string of the molecule is CCOC(=O)c1nn(-c2ccccc2)c(=O)cc1NCCC(c1ccccc1)c1ccccc1. The first-order valence-electron chi connectivity index (χ1n) is 11.4. The number of nitrogens with zero attached hydrogens (tertiary/aromatic N) is 2. The van der Waals surface area contributed by atoms with Crippen LogP contribution in [0, 0.1) is 0 Å². The predicted molar refractivity (Wildman–Crippen MR) is 134 cm³/mol. The maximum Gasteiger partial charge on any atom is 0.360 e. The minimum atomic E-state index is -0.572. The van der Waals surface area contributed by atoms with Gasteiger partial charge in [-0.25, -0.2) is 4.79 Å². The van der Waals surface area contributed by atoms with Crippen molar-refractivity contribution < 1.29 is 9.53 Å². The Kier molecular flexibility index (Phi) is 7.50. The topological polar surface area (TPSA) is 73.2 Å². The van der Waals surface area contributed by atoms with Gasteiger partial charge in [0.15, 0.2) is 5.69 Å². The van der Waals surface area contributed by atoms with E-state index in [2.05, 4.69) is 34.7 Å². The first kappa shape index (κ1) is 23.0. The highest BCUT2D eigenvalue weighted by molar-refractivity contribution is 5.93. The van der Waals surface area contributed by atoms with E-state index in [1.54, 1.807) is 19.1 Å². The summed E-state index contributed by atoms with van der Waals surface area (Å²) in [6.45, 7) is 2.49. The normalized spacial score (nSPS) is 10.8. The number of esters is 1. The van der Waals surface area contributed by atoms with E-state index in [0.717, 1.165) is 6.42 Å². The molecular formula is C28H27N3O3. The van der Waals surface area contributed by atoms with Gasteiger partial charge in [-0.2, -0.15) is 9.78 Å². The molecule has 6 heteroatoms. The second-order valence-electron chi connectivity index (χ2n) is 7.80. The lowest BCUT2D eigenvalue weighted by Gasteiger charge is -2.19. The van der Waals surface area contributed by atoms with Crippen LogP contribution in [0.4, 0.5) is 5.69 Å². The molecule has 1 aromatic heterocycles. The van der Waals surface area contributed by atoms with E-state index in [0.29, 0.717) is 17.9 Å². The van der Waals surface area contributed by atoms with Gasteiger partial charge in [0.2, 0.25) is 0 Å². The zero-order valence-electron chi connectivity index (χ0n) is 19.1. The van der Waals surface area contributed by atoms with Gasteiger partial charge < -0.3 is 10.1 Å². The van der Waals surface area contributed by atoms with Gasteiger partial charge >= 0.3 is 5.97 Å². The van der Waals surface area contributed by atoms with E-state index in [-0.39, 0.29) is 23.8 Å². The largest absolute Gasteiger partial charge is 0.461 e. The van der Waals surface area contributed by atoms with E-state index in [1.807, 2.05) is 54.6 Å². The van der Waals surface area contributed by atoms with Crippen molar-refractivity contribution in [1.29, 1.82) is 0 Å². The Hall–Kier alpha value is -4.19. The molecule has 172 valence electrons. The van der Waals surface area contributed by atoms with Gasteiger partial charge in [-0.05, 0) is 36.6 Å². The molecule has 0 amide bonds. The number of hydrogen-bond donors (Lipinski definition) is 1. The van der Waals surface area contributed by atoms with E-state index >= 15 is 0 Å². The molecule has 0 aliphatic rings. The molecule has 4 aromatic rings. The van der Waals surface area contributed by atoms with Gasteiger partial charge in [-0.15, -0.1) is 0 Å². The monoisotopic (exact) mass is 453 g/mol. The highest BCUT2D eigenvalue weighted by Gasteiger charge is 2.19. The van der Waals surface area contributed by atoms with Gasteiger partial charge in [0.1, 0.15) is 0 Å². The van der Waals surface area contributed by atoms with Crippen molar-refractivity contribution in [2.75, 3.05) is 18.5 Å². The van der Waals surface area contributed by atoms with Crippen molar-refractivity contribution in [2.45, 2.75) is 19.3 Å². The number of carbonyl (C=O) groups excluding carboxylic acids is 1. The average molecular weight is 454 g/mol. The molecule has 0 unspecified atom stereocenters.